The van der Waals surface area contributed by atoms with Crippen LogP contribution in [0, 0.1) is 5.92 Å². The number of aliphatic hydroxyl groups is 1. The van der Waals surface area contributed by atoms with Crippen LogP contribution in [0.4, 0.5) is 0 Å². The van der Waals surface area contributed by atoms with E-state index in [1.54, 1.807) is 0 Å². The molecule has 0 aliphatic rings. The molecule has 5 nitrogen and oxygen atoms in total. The quantitative estimate of drug-likeness (QED) is 0.0665. The normalized spacial score (nSPS) is 12.1. The molecule has 0 aliphatic carbocycles. The molecule has 0 saturated heterocycles. The van der Waals surface area contributed by atoms with Gasteiger partial charge in [0, 0.05) is 12.8 Å². The molecule has 0 heterocycles. The van der Waals surface area contributed by atoms with E-state index in [0.29, 0.717) is 12.8 Å². The lowest BCUT2D eigenvalue weighted by molar-refractivity contribution is -0.161. The number of carbonyl (C=O) groups excluding carboxylic acids is 2. The maximum atomic E-state index is 12.1. The SMILES string of the molecule is CCCCCCCCCCCCCCCCCCC(=O)O[C@@H](CO)COC(=O)CCCCCCCCCC(C)C. The molecule has 1 atom stereocenters. The Kier molecular flexibility index (Phi) is 30.0. The predicted octanol–water partition coefficient (Wildman–Crippen LogP) is 10.3. The molecule has 40 heavy (non-hydrogen) atoms. The average Bonchev–Trinajstić information content (AvgIpc) is 2.93. The zero-order valence-corrected chi connectivity index (χ0v) is 27.0. The highest BCUT2D eigenvalue weighted by atomic mass is 16.6. The van der Waals surface area contributed by atoms with Gasteiger partial charge in [-0.05, 0) is 18.8 Å². The number of esters is 2. The Morgan fingerprint density at radius 1 is 0.550 bits per heavy atom. The first kappa shape index (κ1) is 38.9. The Morgan fingerprint density at radius 3 is 1.32 bits per heavy atom. The zero-order chi connectivity index (χ0) is 29.5. The molecule has 0 aromatic heterocycles. The fraction of sp³-hybridized carbons (Fsp3) is 0.943. The third-order valence-corrected chi connectivity index (χ3v) is 7.83. The molecule has 0 aromatic carbocycles. The van der Waals surface area contributed by atoms with E-state index in [-0.39, 0.29) is 25.2 Å². The van der Waals surface area contributed by atoms with Crippen molar-refractivity contribution in [2.24, 2.45) is 5.92 Å². The van der Waals surface area contributed by atoms with Crippen molar-refractivity contribution in [3.05, 3.63) is 0 Å². The number of rotatable bonds is 31. The van der Waals surface area contributed by atoms with E-state index in [1.807, 2.05) is 0 Å². The predicted molar refractivity (Wildman–Crippen MR) is 168 cm³/mol. The van der Waals surface area contributed by atoms with Gasteiger partial charge in [-0.2, -0.15) is 0 Å². The van der Waals surface area contributed by atoms with Gasteiger partial charge in [0.1, 0.15) is 6.61 Å². The second-order valence-electron chi connectivity index (χ2n) is 12.4. The first-order valence-electron chi connectivity index (χ1n) is 17.5. The van der Waals surface area contributed by atoms with Crippen molar-refractivity contribution in [1.82, 2.24) is 0 Å². The van der Waals surface area contributed by atoms with Crippen molar-refractivity contribution in [2.75, 3.05) is 13.2 Å². The van der Waals surface area contributed by atoms with Gasteiger partial charge in [0.2, 0.25) is 0 Å². The summed E-state index contributed by atoms with van der Waals surface area (Å²) in [5.41, 5.74) is 0. The minimum absolute atomic E-state index is 0.0596. The number of unbranched alkanes of at least 4 members (excludes halogenated alkanes) is 21. The van der Waals surface area contributed by atoms with Gasteiger partial charge in [0.05, 0.1) is 6.61 Å². The molecular formula is C35H68O5. The van der Waals surface area contributed by atoms with Gasteiger partial charge >= 0.3 is 11.9 Å². The first-order chi connectivity index (χ1) is 19.5. The standard InChI is InChI=1S/C35H68O5/c1-4-5-6-7-8-9-10-11-12-13-14-15-16-19-23-26-29-35(38)40-33(30-36)31-39-34(37)28-25-22-20-17-18-21-24-27-32(2)3/h32-33,36H,4-31H2,1-3H3/t33-/m0/s1. The Labute approximate surface area is 248 Å². The van der Waals surface area contributed by atoms with Gasteiger partial charge in [-0.25, -0.2) is 0 Å². The van der Waals surface area contributed by atoms with E-state index in [4.69, 9.17) is 9.47 Å². The Bertz CT molecular complexity index is 548. The number of hydrogen-bond acceptors (Lipinski definition) is 5. The molecule has 5 heteroatoms. The molecule has 1 N–H and O–H groups in total. The fourth-order valence-electron chi connectivity index (χ4n) is 5.15. The van der Waals surface area contributed by atoms with E-state index in [9.17, 15) is 14.7 Å². The molecule has 0 aromatic rings. The summed E-state index contributed by atoms with van der Waals surface area (Å²) in [6, 6.07) is 0. The monoisotopic (exact) mass is 569 g/mol. The van der Waals surface area contributed by atoms with E-state index in [0.717, 1.165) is 44.4 Å². The number of aliphatic hydroxyl groups excluding tert-OH is 1. The third-order valence-electron chi connectivity index (χ3n) is 7.83. The van der Waals surface area contributed by atoms with Crippen molar-refractivity contribution < 1.29 is 24.2 Å². The molecule has 238 valence electrons. The van der Waals surface area contributed by atoms with Crippen LogP contribution in [0.5, 0.6) is 0 Å². The highest BCUT2D eigenvalue weighted by molar-refractivity contribution is 5.70. The third kappa shape index (κ3) is 29.9. The summed E-state index contributed by atoms with van der Waals surface area (Å²) in [5, 5.41) is 9.50. The van der Waals surface area contributed by atoms with Crippen LogP contribution in [0.2, 0.25) is 0 Å². The van der Waals surface area contributed by atoms with E-state index >= 15 is 0 Å². The molecule has 0 bridgehead atoms. The smallest absolute Gasteiger partial charge is 0.306 e. The molecule has 0 fully saturated rings. The lowest BCUT2D eigenvalue weighted by atomic mass is 10.0. The van der Waals surface area contributed by atoms with Crippen molar-refractivity contribution in [3.8, 4) is 0 Å². The Hall–Kier alpha value is -1.10. The first-order valence-corrected chi connectivity index (χ1v) is 17.5. The van der Waals surface area contributed by atoms with Gasteiger partial charge < -0.3 is 14.6 Å². The number of ether oxygens (including phenoxy) is 2. The van der Waals surface area contributed by atoms with Crippen molar-refractivity contribution >= 4 is 11.9 Å². The van der Waals surface area contributed by atoms with Crippen LogP contribution < -0.4 is 0 Å². The van der Waals surface area contributed by atoms with E-state index in [1.165, 1.54) is 116 Å². The van der Waals surface area contributed by atoms with Gasteiger partial charge in [-0.3, -0.25) is 9.59 Å². The molecule has 0 saturated carbocycles. The van der Waals surface area contributed by atoms with E-state index in [2.05, 4.69) is 20.8 Å². The van der Waals surface area contributed by atoms with Crippen LogP contribution in [0.1, 0.15) is 188 Å². The van der Waals surface area contributed by atoms with E-state index < -0.39 is 6.10 Å². The average molecular weight is 569 g/mol. The molecule has 0 unspecified atom stereocenters. The summed E-state index contributed by atoms with van der Waals surface area (Å²) in [6.07, 6.45) is 30.2. The lowest BCUT2D eigenvalue weighted by Gasteiger charge is -2.15. The Morgan fingerprint density at radius 2 is 0.925 bits per heavy atom. The number of carbonyl (C=O) groups is 2. The van der Waals surface area contributed by atoms with Crippen molar-refractivity contribution in [2.45, 2.75) is 194 Å². The largest absolute Gasteiger partial charge is 0.462 e. The van der Waals surface area contributed by atoms with Crippen LogP contribution in [0.3, 0.4) is 0 Å². The Balaban J connectivity index is 3.52. The summed E-state index contributed by atoms with van der Waals surface area (Å²) in [7, 11) is 0. The van der Waals surface area contributed by atoms with Crippen molar-refractivity contribution in [1.29, 1.82) is 0 Å². The van der Waals surface area contributed by atoms with Crippen LogP contribution in [0.15, 0.2) is 0 Å². The minimum atomic E-state index is -0.761. The summed E-state index contributed by atoms with van der Waals surface area (Å²) in [6.45, 7) is 6.43. The van der Waals surface area contributed by atoms with Crippen LogP contribution in [0.25, 0.3) is 0 Å². The maximum Gasteiger partial charge on any atom is 0.306 e. The zero-order valence-electron chi connectivity index (χ0n) is 27.0. The topological polar surface area (TPSA) is 72.8 Å². The second-order valence-corrected chi connectivity index (χ2v) is 12.4. The highest BCUT2D eigenvalue weighted by Gasteiger charge is 2.16. The maximum absolute atomic E-state index is 12.1. The summed E-state index contributed by atoms with van der Waals surface area (Å²) < 4.78 is 10.5. The van der Waals surface area contributed by atoms with Crippen LogP contribution in [-0.4, -0.2) is 36.4 Å². The highest BCUT2D eigenvalue weighted by Crippen LogP contribution is 2.15. The molecule has 0 amide bonds. The van der Waals surface area contributed by atoms with Crippen molar-refractivity contribution in [3.63, 3.8) is 0 Å². The lowest BCUT2D eigenvalue weighted by Crippen LogP contribution is -2.28. The second kappa shape index (κ2) is 30.8. The summed E-state index contributed by atoms with van der Waals surface area (Å²) >= 11 is 0. The van der Waals surface area contributed by atoms with Gasteiger partial charge in [-0.15, -0.1) is 0 Å². The van der Waals surface area contributed by atoms with Gasteiger partial charge in [-0.1, -0.05) is 162 Å². The van der Waals surface area contributed by atoms with Crippen LogP contribution >= 0.6 is 0 Å². The summed E-state index contributed by atoms with van der Waals surface area (Å²) in [4.78, 5) is 24.1. The summed E-state index contributed by atoms with van der Waals surface area (Å²) in [5.74, 6) is 0.210. The fourth-order valence-corrected chi connectivity index (χ4v) is 5.15. The molecule has 0 aliphatic heterocycles. The molecule has 0 rings (SSSR count). The van der Waals surface area contributed by atoms with Crippen LogP contribution in [-0.2, 0) is 19.1 Å². The molecule has 0 radical (unpaired) electrons. The van der Waals surface area contributed by atoms with Gasteiger partial charge in [0.25, 0.3) is 0 Å². The van der Waals surface area contributed by atoms with Gasteiger partial charge in [0.15, 0.2) is 6.10 Å². The minimum Gasteiger partial charge on any atom is -0.462 e. The number of hydrogen-bond donors (Lipinski definition) is 1. The molecule has 0 spiro atoms. The molecular weight excluding hydrogens is 500 g/mol.